The van der Waals surface area contributed by atoms with Gasteiger partial charge in [0.2, 0.25) is 0 Å². The van der Waals surface area contributed by atoms with Crippen LogP contribution in [0.5, 0.6) is 0 Å². The molecule has 0 saturated carbocycles. The maximum atomic E-state index is 5.52. The van der Waals surface area contributed by atoms with E-state index in [0.29, 0.717) is 13.2 Å². The number of ether oxygens (including phenoxy) is 1. The van der Waals surface area contributed by atoms with Crippen molar-refractivity contribution < 1.29 is 4.74 Å². The lowest BCUT2D eigenvalue weighted by molar-refractivity contribution is 0.128. The Kier molecular flexibility index (Phi) is 5.32. The second kappa shape index (κ2) is 7.42. The fourth-order valence-corrected chi connectivity index (χ4v) is 3.77. The Morgan fingerprint density at radius 3 is 2.81 bits per heavy atom. The fourth-order valence-electron chi connectivity index (χ4n) is 2.87. The number of fused-ring (bicyclic) bond motifs is 1. The molecule has 3 heterocycles. The summed E-state index contributed by atoms with van der Waals surface area (Å²) in [5.74, 6) is 4.39. The number of nitrogens with zero attached hydrogens (tertiary/aromatic N) is 3. The molecule has 116 valence electrons. The van der Waals surface area contributed by atoms with E-state index in [2.05, 4.69) is 10.2 Å². The molecule has 2 aliphatic heterocycles. The van der Waals surface area contributed by atoms with Gasteiger partial charge in [0.25, 0.3) is 0 Å². The molecule has 1 N–H and O–H groups in total. The average molecular weight is 308 g/mol. The molecule has 0 aliphatic carbocycles. The molecule has 0 spiro atoms. The van der Waals surface area contributed by atoms with E-state index in [9.17, 15) is 0 Å². The van der Waals surface area contributed by atoms with Crippen molar-refractivity contribution in [1.29, 1.82) is 0 Å². The minimum absolute atomic E-state index is 0.521. The van der Waals surface area contributed by atoms with E-state index in [0.717, 1.165) is 44.8 Å². The van der Waals surface area contributed by atoms with Crippen molar-refractivity contribution in [2.45, 2.75) is 26.4 Å². The second-order valence-corrected chi connectivity index (χ2v) is 6.60. The molecular formula is C15H24N4OS. The number of hydrogen-bond acceptors (Lipinski definition) is 6. The van der Waals surface area contributed by atoms with Gasteiger partial charge in [0.15, 0.2) is 5.82 Å². The SMILES string of the molecule is CCOCc1nc2c(c(N3CCSCC3)n1)CCNCC2. The maximum absolute atomic E-state index is 5.52. The molecule has 21 heavy (non-hydrogen) atoms. The second-order valence-electron chi connectivity index (χ2n) is 5.38. The molecule has 0 amide bonds. The van der Waals surface area contributed by atoms with Gasteiger partial charge in [-0.1, -0.05) is 0 Å². The van der Waals surface area contributed by atoms with E-state index < -0.39 is 0 Å². The smallest absolute Gasteiger partial charge is 0.156 e. The number of thioether (sulfide) groups is 1. The van der Waals surface area contributed by atoms with Crippen molar-refractivity contribution in [3.63, 3.8) is 0 Å². The summed E-state index contributed by atoms with van der Waals surface area (Å²) in [5, 5.41) is 3.47. The Morgan fingerprint density at radius 1 is 1.19 bits per heavy atom. The number of anilines is 1. The summed E-state index contributed by atoms with van der Waals surface area (Å²) < 4.78 is 5.52. The van der Waals surface area contributed by atoms with Crippen molar-refractivity contribution in [2.24, 2.45) is 0 Å². The fraction of sp³-hybridized carbons (Fsp3) is 0.733. The normalized spacial score (nSPS) is 19.2. The van der Waals surface area contributed by atoms with Crippen LogP contribution in [0.4, 0.5) is 5.82 Å². The van der Waals surface area contributed by atoms with Crippen LogP contribution in [-0.2, 0) is 24.2 Å². The number of hydrogen-bond donors (Lipinski definition) is 1. The highest BCUT2D eigenvalue weighted by Crippen LogP contribution is 2.26. The van der Waals surface area contributed by atoms with E-state index in [1.165, 1.54) is 28.6 Å². The molecule has 0 radical (unpaired) electrons. The Labute approximate surface area is 130 Å². The lowest BCUT2D eigenvalue weighted by atomic mass is 10.1. The summed E-state index contributed by atoms with van der Waals surface area (Å²) in [4.78, 5) is 12.0. The number of aromatic nitrogens is 2. The largest absolute Gasteiger partial charge is 0.374 e. The van der Waals surface area contributed by atoms with Crippen LogP contribution in [0.15, 0.2) is 0 Å². The zero-order chi connectivity index (χ0) is 14.5. The van der Waals surface area contributed by atoms with Gasteiger partial charge < -0.3 is 15.0 Å². The highest BCUT2D eigenvalue weighted by molar-refractivity contribution is 7.99. The first-order valence-electron chi connectivity index (χ1n) is 7.88. The summed E-state index contributed by atoms with van der Waals surface area (Å²) >= 11 is 2.03. The number of nitrogens with one attached hydrogen (secondary N) is 1. The van der Waals surface area contributed by atoms with Gasteiger partial charge in [0.1, 0.15) is 12.4 Å². The van der Waals surface area contributed by atoms with Gasteiger partial charge in [-0.25, -0.2) is 9.97 Å². The van der Waals surface area contributed by atoms with E-state index >= 15 is 0 Å². The van der Waals surface area contributed by atoms with Gasteiger partial charge in [-0.15, -0.1) is 0 Å². The zero-order valence-electron chi connectivity index (χ0n) is 12.7. The third-order valence-electron chi connectivity index (χ3n) is 3.95. The molecule has 0 atom stereocenters. The van der Waals surface area contributed by atoms with Crippen molar-refractivity contribution in [1.82, 2.24) is 15.3 Å². The van der Waals surface area contributed by atoms with Crippen LogP contribution in [-0.4, -0.2) is 54.3 Å². The molecule has 0 bridgehead atoms. The molecular weight excluding hydrogens is 284 g/mol. The molecule has 6 heteroatoms. The molecule has 5 nitrogen and oxygen atoms in total. The van der Waals surface area contributed by atoms with Crippen molar-refractivity contribution in [2.75, 3.05) is 49.2 Å². The van der Waals surface area contributed by atoms with Crippen molar-refractivity contribution in [3.05, 3.63) is 17.1 Å². The predicted molar refractivity (Wildman–Crippen MR) is 87.2 cm³/mol. The molecule has 1 aromatic rings. The monoisotopic (exact) mass is 308 g/mol. The van der Waals surface area contributed by atoms with E-state index in [-0.39, 0.29) is 0 Å². The molecule has 0 aromatic carbocycles. The minimum atomic E-state index is 0.521. The third-order valence-corrected chi connectivity index (χ3v) is 4.90. The molecule has 1 saturated heterocycles. The summed E-state index contributed by atoms with van der Waals surface area (Å²) in [6.45, 7) is 7.45. The van der Waals surface area contributed by atoms with Gasteiger partial charge >= 0.3 is 0 Å². The van der Waals surface area contributed by atoms with Gasteiger partial charge in [0.05, 0.1) is 5.69 Å². The van der Waals surface area contributed by atoms with E-state index in [4.69, 9.17) is 14.7 Å². The Morgan fingerprint density at radius 2 is 2.00 bits per heavy atom. The topological polar surface area (TPSA) is 50.3 Å². The maximum Gasteiger partial charge on any atom is 0.156 e. The lowest BCUT2D eigenvalue weighted by Gasteiger charge is -2.30. The van der Waals surface area contributed by atoms with Gasteiger partial charge in [-0.05, 0) is 19.9 Å². The zero-order valence-corrected chi connectivity index (χ0v) is 13.5. The first kappa shape index (κ1) is 15.1. The van der Waals surface area contributed by atoms with Crippen LogP contribution < -0.4 is 10.2 Å². The number of rotatable bonds is 4. The summed E-state index contributed by atoms with van der Waals surface area (Å²) in [5.41, 5.74) is 2.57. The lowest BCUT2D eigenvalue weighted by Crippen LogP contribution is -2.34. The Hall–Kier alpha value is -0.850. The molecule has 2 aliphatic rings. The van der Waals surface area contributed by atoms with Crippen LogP contribution in [0.25, 0.3) is 0 Å². The Bertz CT molecular complexity index is 477. The quantitative estimate of drug-likeness (QED) is 0.903. The predicted octanol–water partition coefficient (Wildman–Crippen LogP) is 1.25. The first-order valence-corrected chi connectivity index (χ1v) is 9.03. The van der Waals surface area contributed by atoms with Gasteiger partial charge in [-0.3, -0.25) is 0 Å². The molecule has 3 rings (SSSR count). The highest BCUT2D eigenvalue weighted by atomic mass is 32.2. The van der Waals surface area contributed by atoms with Crippen LogP contribution >= 0.6 is 11.8 Å². The summed E-state index contributed by atoms with van der Waals surface area (Å²) in [6.07, 6.45) is 2.02. The van der Waals surface area contributed by atoms with Crippen LogP contribution in [0.1, 0.15) is 24.0 Å². The average Bonchev–Trinajstić information content (AvgIpc) is 2.78. The Balaban J connectivity index is 1.93. The van der Waals surface area contributed by atoms with Crippen LogP contribution in [0, 0.1) is 0 Å². The minimum Gasteiger partial charge on any atom is -0.374 e. The van der Waals surface area contributed by atoms with Gasteiger partial charge in [-0.2, -0.15) is 11.8 Å². The van der Waals surface area contributed by atoms with E-state index in [1.807, 2.05) is 18.7 Å². The molecule has 0 unspecified atom stereocenters. The van der Waals surface area contributed by atoms with Crippen LogP contribution in [0.2, 0.25) is 0 Å². The summed E-state index contributed by atoms with van der Waals surface area (Å²) in [7, 11) is 0. The standard InChI is InChI=1S/C15H24N4OS/c1-2-20-11-14-17-13-4-6-16-5-3-12(13)15(18-14)19-7-9-21-10-8-19/h16H,2-11H2,1H3. The molecule has 1 aromatic heterocycles. The van der Waals surface area contributed by atoms with E-state index in [1.54, 1.807) is 0 Å². The van der Waals surface area contributed by atoms with Crippen molar-refractivity contribution in [3.8, 4) is 0 Å². The van der Waals surface area contributed by atoms with Crippen molar-refractivity contribution >= 4 is 17.6 Å². The summed E-state index contributed by atoms with van der Waals surface area (Å²) in [6, 6.07) is 0. The van der Waals surface area contributed by atoms with Gasteiger partial charge in [0, 0.05) is 49.7 Å². The first-order chi connectivity index (χ1) is 10.4. The molecule has 1 fully saturated rings. The highest BCUT2D eigenvalue weighted by Gasteiger charge is 2.22. The van der Waals surface area contributed by atoms with Crippen LogP contribution in [0.3, 0.4) is 0 Å². The third kappa shape index (κ3) is 3.67.